The van der Waals surface area contributed by atoms with Gasteiger partial charge in [0.1, 0.15) is 11.9 Å². The topological polar surface area (TPSA) is 42.4 Å². The van der Waals surface area contributed by atoms with Crippen LogP contribution in [-0.4, -0.2) is 35.2 Å². The fourth-order valence-corrected chi connectivity index (χ4v) is 1.50. The molecule has 1 fully saturated rings. The van der Waals surface area contributed by atoms with Gasteiger partial charge in [0.15, 0.2) is 0 Å². The Morgan fingerprint density at radius 3 is 3.07 bits per heavy atom. The van der Waals surface area contributed by atoms with Crippen molar-refractivity contribution in [2.75, 3.05) is 13.2 Å². The Bertz CT molecular complexity index is 326. The van der Waals surface area contributed by atoms with E-state index in [9.17, 15) is 4.79 Å². The molecule has 2 heterocycles. The average Bonchev–Trinajstić information content (AvgIpc) is 2.65. The Morgan fingerprint density at radius 1 is 1.64 bits per heavy atom. The molecule has 4 heteroatoms. The number of rotatable bonds is 1. The number of amides is 1. The zero-order valence-corrected chi connectivity index (χ0v) is 8.01. The van der Waals surface area contributed by atoms with E-state index in [1.807, 2.05) is 13.0 Å². The number of hydrogen-bond donors (Lipinski definition) is 0. The van der Waals surface area contributed by atoms with Crippen LogP contribution in [0.2, 0.25) is 0 Å². The van der Waals surface area contributed by atoms with Gasteiger partial charge in [-0.05, 0) is 19.1 Å². The van der Waals surface area contributed by atoms with E-state index in [0.717, 1.165) is 0 Å². The first-order chi connectivity index (χ1) is 6.79. The number of pyridine rings is 1. The first-order valence-electron chi connectivity index (χ1n) is 4.62. The van der Waals surface area contributed by atoms with E-state index in [4.69, 9.17) is 4.74 Å². The lowest BCUT2D eigenvalue weighted by Gasteiger charge is -2.18. The summed E-state index contributed by atoms with van der Waals surface area (Å²) in [5.74, 6) is -0.0596. The van der Waals surface area contributed by atoms with Crippen molar-refractivity contribution < 1.29 is 9.53 Å². The summed E-state index contributed by atoms with van der Waals surface area (Å²) in [5, 5.41) is 0. The number of ether oxygens (including phenoxy) is 1. The van der Waals surface area contributed by atoms with Gasteiger partial charge in [-0.3, -0.25) is 9.78 Å². The standard InChI is InChI=1S/C10H12N2O2/c1-8-12(6-7-14-8)10(13)9-4-2-3-5-11-9/h2-5,8H,6-7H2,1H3. The SMILES string of the molecule is CC1OCCN1C(=O)c1ccccn1. The lowest BCUT2D eigenvalue weighted by atomic mass is 10.3. The van der Waals surface area contributed by atoms with E-state index in [1.54, 1.807) is 23.2 Å². The van der Waals surface area contributed by atoms with Gasteiger partial charge >= 0.3 is 0 Å². The molecule has 74 valence electrons. The molecule has 14 heavy (non-hydrogen) atoms. The van der Waals surface area contributed by atoms with Crippen molar-refractivity contribution in [2.24, 2.45) is 0 Å². The fourth-order valence-electron chi connectivity index (χ4n) is 1.50. The van der Waals surface area contributed by atoms with Gasteiger partial charge in [-0.15, -0.1) is 0 Å². The molecular weight excluding hydrogens is 180 g/mol. The first-order valence-corrected chi connectivity index (χ1v) is 4.62. The van der Waals surface area contributed by atoms with Crippen molar-refractivity contribution in [1.29, 1.82) is 0 Å². The molecule has 2 rings (SSSR count). The van der Waals surface area contributed by atoms with Gasteiger partial charge in [-0.2, -0.15) is 0 Å². The van der Waals surface area contributed by atoms with Crippen LogP contribution in [0, 0.1) is 0 Å². The number of aromatic nitrogens is 1. The van der Waals surface area contributed by atoms with E-state index in [0.29, 0.717) is 18.8 Å². The lowest BCUT2D eigenvalue weighted by molar-refractivity contribution is 0.0373. The normalized spacial score (nSPS) is 21.2. The summed E-state index contributed by atoms with van der Waals surface area (Å²) in [5.41, 5.74) is 0.477. The predicted octanol–water partition coefficient (Wildman–Crippen LogP) is 0.900. The molecule has 4 nitrogen and oxygen atoms in total. The molecular formula is C10H12N2O2. The van der Waals surface area contributed by atoms with Crippen LogP contribution in [0.4, 0.5) is 0 Å². The third-order valence-corrected chi connectivity index (χ3v) is 2.28. The number of hydrogen-bond acceptors (Lipinski definition) is 3. The van der Waals surface area contributed by atoms with Gasteiger partial charge in [0.25, 0.3) is 5.91 Å². The molecule has 0 aromatic carbocycles. The van der Waals surface area contributed by atoms with Crippen molar-refractivity contribution in [3.05, 3.63) is 30.1 Å². The zero-order chi connectivity index (χ0) is 9.97. The Hall–Kier alpha value is -1.42. The van der Waals surface area contributed by atoms with E-state index in [1.165, 1.54) is 0 Å². The number of carbonyl (C=O) groups is 1. The summed E-state index contributed by atoms with van der Waals surface area (Å²) in [7, 11) is 0. The van der Waals surface area contributed by atoms with Gasteiger partial charge in [0, 0.05) is 12.7 Å². The summed E-state index contributed by atoms with van der Waals surface area (Å²) in [6.45, 7) is 3.13. The maximum Gasteiger partial charge on any atom is 0.274 e. The highest BCUT2D eigenvalue weighted by Crippen LogP contribution is 2.12. The number of carbonyl (C=O) groups excluding carboxylic acids is 1. The molecule has 0 saturated carbocycles. The molecule has 1 aliphatic heterocycles. The molecule has 1 aromatic rings. The molecule has 1 saturated heterocycles. The average molecular weight is 192 g/mol. The van der Waals surface area contributed by atoms with Crippen LogP contribution in [0.25, 0.3) is 0 Å². The van der Waals surface area contributed by atoms with Crippen LogP contribution in [0.5, 0.6) is 0 Å². The second-order valence-electron chi connectivity index (χ2n) is 3.18. The van der Waals surface area contributed by atoms with Crippen molar-refractivity contribution in [2.45, 2.75) is 13.2 Å². The summed E-state index contributed by atoms with van der Waals surface area (Å²) >= 11 is 0. The van der Waals surface area contributed by atoms with Crippen LogP contribution in [0.3, 0.4) is 0 Å². The van der Waals surface area contributed by atoms with Crippen molar-refractivity contribution in [3.63, 3.8) is 0 Å². The molecule has 0 spiro atoms. The van der Waals surface area contributed by atoms with Crippen molar-refractivity contribution >= 4 is 5.91 Å². The molecule has 1 atom stereocenters. The van der Waals surface area contributed by atoms with Gasteiger partial charge < -0.3 is 9.64 Å². The van der Waals surface area contributed by atoms with Crippen LogP contribution in [-0.2, 0) is 4.74 Å². The third-order valence-electron chi connectivity index (χ3n) is 2.28. The highest BCUT2D eigenvalue weighted by molar-refractivity contribution is 5.92. The van der Waals surface area contributed by atoms with Crippen LogP contribution >= 0.6 is 0 Å². The van der Waals surface area contributed by atoms with Crippen molar-refractivity contribution in [1.82, 2.24) is 9.88 Å². The lowest BCUT2D eigenvalue weighted by Crippen LogP contribution is -2.34. The van der Waals surface area contributed by atoms with Gasteiger partial charge in [0.2, 0.25) is 0 Å². The Labute approximate surface area is 82.5 Å². The molecule has 1 amide bonds. The Morgan fingerprint density at radius 2 is 2.50 bits per heavy atom. The van der Waals surface area contributed by atoms with E-state index in [-0.39, 0.29) is 12.1 Å². The minimum Gasteiger partial charge on any atom is -0.357 e. The Balaban J connectivity index is 2.16. The molecule has 1 aromatic heterocycles. The van der Waals surface area contributed by atoms with Gasteiger partial charge in [-0.1, -0.05) is 6.07 Å². The minimum atomic E-state index is -0.135. The second kappa shape index (κ2) is 3.75. The van der Waals surface area contributed by atoms with Gasteiger partial charge in [0.05, 0.1) is 6.61 Å². The quantitative estimate of drug-likeness (QED) is 0.664. The summed E-state index contributed by atoms with van der Waals surface area (Å²) in [4.78, 5) is 17.5. The van der Waals surface area contributed by atoms with Crippen LogP contribution in [0.15, 0.2) is 24.4 Å². The predicted molar refractivity (Wildman–Crippen MR) is 50.7 cm³/mol. The van der Waals surface area contributed by atoms with Crippen LogP contribution < -0.4 is 0 Å². The van der Waals surface area contributed by atoms with Crippen LogP contribution in [0.1, 0.15) is 17.4 Å². The minimum absolute atomic E-state index is 0.0596. The molecule has 0 bridgehead atoms. The second-order valence-corrected chi connectivity index (χ2v) is 3.18. The molecule has 1 unspecified atom stereocenters. The molecule has 0 aliphatic carbocycles. The summed E-state index contributed by atoms with van der Waals surface area (Å²) in [6, 6.07) is 5.32. The maximum atomic E-state index is 11.8. The Kier molecular flexibility index (Phi) is 2.45. The number of nitrogens with zero attached hydrogens (tertiary/aromatic N) is 2. The fraction of sp³-hybridized carbons (Fsp3) is 0.400. The monoisotopic (exact) mass is 192 g/mol. The smallest absolute Gasteiger partial charge is 0.274 e. The van der Waals surface area contributed by atoms with Crippen molar-refractivity contribution in [3.8, 4) is 0 Å². The highest BCUT2D eigenvalue weighted by Gasteiger charge is 2.27. The van der Waals surface area contributed by atoms with Gasteiger partial charge in [-0.25, -0.2) is 0 Å². The van der Waals surface area contributed by atoms with E-state index < -0.39 is 0 Å². The molecule has 1 aliphatic rings. The largest absolute Gasteiger partial charge is 0.357 e. The highest BCUT2D eigenvalue weighted by atomic mass is 16.5. The summed E-state index contributed by atoms with van der Waals surface area (Å²) in [6.07, 6.45) is 1.49. The maximum absolute atomic E-state index is 11.8. The third kappa shape index (κ3) is 1.61. The molecule has 0 radical (unpaired) electrons. The zero-order valence-electron chi connectivity index (χ0n) is 8.01. The van der Waals surface area contributed by atoms with E-state index in [2.05, 4.69) is 4.98 Å². The van der Waals surface area contributed by atoms with E-state index >= 15 is 0 Å². The molecule has 0 N–H and O–H groups in total. The first kappa shape index (κ1) is 9.15. The summed E-state index contributed by atoms with van der Waals surface area (Å²) < 4.78 is 5.29.